The minimum Gasteiger partial charge on any atom is -0.481 e. The van der Waals surface area contributed by atoms with Gasteiger partial charge in [0.1, 0.15) is 5.82 Å². The molecule has 0 fully saturated rings. The molecule has 0 radical (unpaired) electrons. The summed E-state index contributed by atoms with van der Waals surface area (Å²) in [5.41, 5.74) is 2.78. The molecule has 2 aromatic rings. The molecule has 1 unspecified atom stereocenters. The zero-order chi connectivity index (χ0) is 18.2. The molecule has 2 N–H and O–H groups in total. The monoisotopic (exact) mass is 361 g/mol. The predicted octanol–water partition coefficient (Wildman–Crippen LogP) is 3.35. The summed E-state index contributed by atoms with van der Waals surface area (Å²) in [6.45, 7) is 1.99. The zero-order valence-corrected chi connectivity index (χ0v) is 14.7. The molecule has 132 valence electrons. The van der Waals surface area contributed by atoms with Gasteiger partial charge < -0.3 is 10.4 Å². The number of nitrogens with one attached hydrogen (secondary N) is 1. The summed E-state index contributed by atoms with van der Waals surface area (Å²) in [5.74, 6) is -1.62. The highest BCUT2D eigenvalue weighted by Crippen LogP contribution is 2.17. The standard InChI is InChI=1S/C19H20FNO3S/c1-13-3-2-4-14(9-13)11-25-12-18(22)21-10-17(19(23)24)15-5-7-16(20)8-6-15/h2-9,17H,10-12H2,1H3,(H,21,22)(H,23,24). The Bertz CT molecular complexity index is 734. The molecule has 0 heterocycles. The van der Waals surface area contributed by atoms with Crippen molar-refractivity contribution in [1.82, 2.24) is 5.32 Å². The van der Waals surface area contributed by atoms with Gasteiger partial charge in [-0.1, -0.05) is 42.0 Å². The van der Waals surface area contributed by atoms with E-state index in [4.69, 9.17) is 0 Å². The molecule has 0 bridgehead atoms. The fourth-order valence-electron chi connectivity index (χ4n) is 2.37. The van der Waals surface area contributed by atoms with Crippen molar-refractivity contribution < 1.29 is 19.1 Å². The van der Waals surface area contributed by atoms with Gasteiger partial charge in [-0.3, -0.25) is 9.59 Å². The quantitative estimate of drug-likeness (QED) is 0.757. The number of halogens is 1. The van der Waals surface area contributed by atoms with Crippen LogP contribution in [0.15, 0.2) is 48.5 Å². The average molecular weight is 361 g/mol. The van der Waals surface area contributed by atoms with E-state index in [-0.39, 0.29) is 18.2 Å². The van der Waals surface area contributed by atoms with E-state index in [0.29, 0.717) is 5.56 Å². The highest BCUT2D eigenvalue weighted by Gasteiger charge is 2.20. The molecule has 1 atom stereocenters. The molecule has 0 aliphatic rings. The van der Waals surface area contributed by atoms with Crippen LogP contribution in [-0.2, 0) is 15.3 Å². The van der Waals surface area contributed by atoms with Crippen molar-refractivity contribution in [3.05, 3.63) is 71.0 Å². The van der Waals surface area contributed by atoms with Crippen LogP contribution in [0.5, 0.6) is 0 Å². The SMILES string of the molecule is Cc1cccc(CSCC(=O)NCC(C(=O)O)c2ccc(F)cc2)c1. The molecule has 2 rings (SSSR count). The number of carboxylic acid groups (broad SMARTS) is 1. The van der Waals surface area contributed by atoms with E-state index >= 15 is 0 Å². The second-order valence-electron chi connectivity index (χ2n) is 5.73. The molecule has 4 nitrogen and oxygen atoms in total. The van der Waals surface area contributed by atoms with Crippen molar-refractivity contribution in [2.75, 3.05) is 12.3 Å². The second-order valence-corrected chi connectivity index (χ2v) is 6.71. The summed E-state index contributed by atoms with van der Waals surface area (Å²) in [5, 5.41) is 11.9. The molecule has 2 aromatic carbocycles. The Morgan fingerprint density at radius 3 is 2.56 bits per heavy atom. The van der Waals surface area contributed by atoms with Gasteiger partial charge in [0.2, 0.25) is 5.91 Å². The maximum absolute atomic E-state index is 12.9. The predicted molar refractivity (Wildman–Crippen MR) is 97.1 cm³/mol. The Morgan fingerprint density at radius 2 is 1.92 bits per heavy atom. The number of aliphatic carboxylic acids is 1. The lowest BCUT2D eigenvalue weighted by molar-refractivity contribution is -0.138. The van der Waals surface area contributed by atoms with Gasteiger partial charge in [0.15, 0.2) is 0 Å². The molecule has 25 heavy (non-hydrogen) atoms. The van der Waals surface area contributed by atoms with Crippen molar-refractivity contribution in [2.24, 2.45) is 0 Å². The number of hydrogen-bond acceptors (Lipinski definition) is 3. The topological polar surface area (TPSA) is 66.4 Å². The summed E-state index contributed by atoms with van der Waals surface area (Å²) < 4.78 is 12.9. The maximum Gasteiger partial charge on any atom is 0.312 e. The number of carbonyl (C=O) groups is 2. The molecule has 0 aliphatic heterocycles. The van der Waals surface area contributed by atoms with Crippen LogP contribution in [0.2, 0.25) is 0 Å². The van der Waals surface area contributed by atoms with Gasteiger partial charge in [0, 0.05) is 12.3 Å². The van der Waals surface area contributed by atoms with Gasteiger partial charge in [0.05, 0.1) is 11.7 Å². The Balaban J connectivity index is 1.80. The number of carboxylic acids is 1. The number of benzene rings is 2. The van der Waals surface area contributed by atoms with Gasteiger partial charge in [0.25, 0.3) is 0 Å². The van der Waals surface area contributed by atoms with Crippen molar-refractivity contribution in [2.45, 2.75) is 18.6 Å². The third-order valence-corrected chi connectivity index (χ3v) is 4.66. The number of rotatable bonds is 8. The van der Waals surface area contributed by atoms with Crippen molar-refractivity contribution in [1.29, 1.82) is 0 Å². The number of aryl methyl sites for hydroxylation is 1. The Kier molecular flexibility index (Phi) is 7.01. The lowest BCUT2D eigenvalue weighted by atomic mass is 9.99. The van der Waals surface area contributed by atoms with E-state index in [2.05, 4.69) is 11.4 Å². The summed E-state index contributed by atoms with van der Waals surface area (Å²) >= 11 is 1.47. The maximum atomic E-state index is 12.9. The molecule has 0 spiro atoms. The largest absolute Gasteiger partial charge is 0.481 e. The summed E-state index contributed by atoms with van der Waals surface area (Å²) in [6.07, 6.45) is 0. The fraction of sp³-hybridized carbons (Fsp3) is 0.263. The average Bonchev–Trinajstić information content (AvgIpc) is 2.56. The number of carbonyl (C=O) groups excluding carboxylic acids is 1. The van der Waals surface area contributed by atoms with E-state index in [9.17, 15) is 19.1 Å². The van der Waals surface area contributed by atoms with E-state index in [1.165, 1.54) is 41.6 Å². The Labute approximate surface area is 150 Å². The van der Waals surface area contributed by atoms with Gasteiger partial charge in [-0.05, 0) is 30.2 Å². The van der Waals surface area contributed by atoms with E-state index in [1.807, 2.05) is 25.1 Å². The number of hydrogen-bond donors (Lipinski definition) is 2. The normalized spacial score (nSPS) is 11.8. The smallest absolute Gasteiger partial charge is 0.312 e. The molecule has 6 heteroatoms. The van der Waals surface area contributed by atoms with Gasteiger partial charge >= 0.3 is 5.97 Å². The molecular formula is C19H20FNO3S. The zero-order valence-electron chi connectivity index (χ0n) is 13.9. The third kappa shape index (κ3) is 6.23. The Hall–Kier alpha value is -2.34. The van der Waals surface area contributed by atoms with Gasteiger partial charge in [-0.2, -0.15) is 0 Å². The van der Waals surface area contributed by atoms with Crippen LogP contribution < -0.4 is 5.32 Å². The van der Waals surface area contributed by atoms with E-state index in [1.54, 1.807) is 0 Å². The van der Waals surface area contributed by atoms with Crippen LogP contribution in [0.1, 0.15) is 22.6 Å². The van der Waals surface area contributed by atoms with Crippen LogP contribution in [0.4, 0.5) is 4.39 Å². The van der Waals surface area contributed by atoms with Crippen molar-refractivity contribution in [3.8, 4) is 0 Å². The van der Waals surface area contributed by atoms with Crippen molar-refractivity contribution in [3.63, 3.8) is 0 Å². The summed E-state index contributed by atoms with van der Waals surface area (Å²) in [4.78, 5) is 23.3. The molecular weight excluding hydrogens is 341 g/mol. The summed E-state index contributed by atoms with van der Waals surface area (Å²) in [7, 11) is 0. The molecule has 1 amide bonds. The lowest BCUT2D eigenvalue weighted by Crippen LogP contribution is -2.32. The molecule has 0 saturated carbocycles. The van der Waals surface area contributed by atoms with Crippen LogP contribution in [0, 0.1) is 12.7 Å². The molecule has 0 aliphatic carbocycles. The minimum absolute atomic E-state index is 0.0230. The Morgan fingerprint density at radius 1 is 1.20 bits per heavy atom. The summed E-state index contributed by atoms with van der Waals surface area (Å²) in [6, 6.07) is 13.3. The number of thioether (sulfide) groups is 1. The van der Waals surface area contributed by atoms with E-state index < -0.39 is 17.7 Å². The first-order valence-corrected chi connectivity index (χ1v) is 8.99. The minimum atomic E-state index is -1.06. The van der Waals surface area contributed by atoms with E-state index in [0.717, 1.165) is 11.3 Å². The lowest BCUT2D eigenvalue weighted by Gasteiger charge is -2.14. The third-order valence-electron chi connectivity index (χ3n) is 3.66. The number of amides is 1. The highest BCUT2D eigenvalue weighted by atomic mass is 32.2. The second kappa shape index (κ2) is 9.22. The van der Waals surface area contributed by atoms with Crippen LogP contribution in [0.3, 0.4) is 0 Å². The molecule has 0 aromatic heterocycles. The molecule has 0 saturated heterocycles. The van der Waals surface area contributed by atoms with Crippen LogP contribution in [-0.4, -0.2) is 29.3 Å². The van der Waals surface area contributed by atoms with Crippen molar-refractivity contribution >= 4 is 23.6 Å². The first-order chi connectivity index (χ1) is 12.0. The fourth-order valence-corrected chi connectivity index (χ4v) is 3.18. The van der Waals surface area contributed by atoms with Crippen LogP contribution >= 0.6 is 11.8 Å². The first-order valence-electron chi connectivity index (χ1n) is 7.84. The van der Waals surface area contributed by atoms with Crippen LogP contribution in [0.25, 0.3) is 0 Å². The van der Waals surface area contributed by atoms with Gasteiger partial charge in [-0.25, -0.2) is 4.39 Å². The van der Waals surface area contributed by atoms with Gasteiger partial charge in [-0.15, -0.1) is 11.8 Å². The first kappa shape index (κ1) is 19.0. The highest BCUT2D eigenvalue weighted by molar-refractivity contribution is 7.99.